The van der Waals surface area contributed by atoms with E-state index in [4.69, 9.17) is 9.15 Å². The number of ether oxygens (including phenoxy) is 1. The average molecular weight is 372 g/mol. The summed E-state index contributed by atoms with van der Waals surface area (Å²) in [5.41, 5.74) is 0.191. The van der Waals surface area contributed by atoms with Crippen LogP contribution in [0.1, 0.15) is 36.1 Å². The van der Waals surface area contributed by atoms with Crippen LogP contribution in [-0.2, 0) is 20.2 Å². The lowest BCUT2D eigenvalue weighted by Gasteiger charge is -2.25. The van der Waals surface area contributed by atoms with E-state index in [1.165, 1.54) is 18.4 Å². The smallest absolute Gasteiger partial charge is 0.276 e. The molecule has 0 aliphatic rings. The molecule has 142 valence electrons. The first kappa shape index (κ1) is 18.6. The lowest BCUT2D eigenvalue weighted by molar-refractivity contribution is 0.0677. The number of rotatable bonds is 7. The number of imidazole rings is 1. The van der Waals surface area contributed by atoms with Crippen molar-refractivity contribution in [2.75, 3.05) is 0 Å². The second kappa shape index (κ2) is 8.03. The summed E-state index contributed by atoms with van der Waals surface area (Å²) in [5, 5.41) is 0. The Morgan fingerprint density at radius 2 is 2.22 bits per heavy atom. The maximum Gasteiger partial charge on any atom is 0.276 e. The molecule has 8 heteroatoms. The van der Waals surface area contributed by atoms with Crippen molar-refractivity contribution in [3.63, 3.8) is 0 Å². The maximum absolute atomic E-state index is 13.2. The Morgan fingerprint density at radius 1 is 1.41 bits per heavy atom. The van der Waals surface area contributed by atoms with Crippen LogP contribution in [0.15, 0.2) is 47.3 Å². The van der Waals surface area contributed by atoms with E-state index in [-0.39, 0.29) is 30.1 Å². The fourth-order valence-electron chi connectivity index (χ4n) is 2.51. The zero-order valence-corrected chi connectivity index (χ0v) is 15.4. The Morgan fingerprint density at radius 3 is 2.89 bits per heavy atom. The molecule has 0 bridgehead atoms. The summed E-state index contributed by atoms with van der Waals surface area (Å²) in [6.07, 6.45) is 4.83. The quantitative estimate of drug-likeness (QED) is 0.637. The molecule has 1 amide bonds. The summed E-state index contributed by atoms with van der Waals surface area (Å²) in [6, 6.07) is 5.73. The van der Waals surface area contributed by atoms with Gasteiger partial charge in [-0.2, -0.15) is 0 Å². The molecule has 0 radical (unpaired) electrons. The topological polar surface area (TPSA) is 73.4 Å². The molecule has 2 heterocycles. The van der Waals surface area contributed by atoms with Crippen LogP contribution >= 0.6 is 0 Å². The summed E-state index contributed by atoms with van der Waals surface area (Å²) >= 11 is 0. The Kier molecular flexibility index (Phi) is 5.54. The van der Waals surface area contributed by atoms with E-state index in [1.54, 1.807) is 23.2 Å². The molecule has 0 unspecified atom stereocenters. The van der Waals surface area contributed by atoms with Crippen molar-refractivity contribution in [2.45, 2.75) is 33.0 Å². The average Bonchev–Trinajstić information content (AvgIpc) is 3.26. The van der Waals surface area contributed by atoms with Crippen molar-refractivity contribution in [1.82, 2.24) is 19.4 Å². The highest BCUT2D eigenvalue weighted by Gasteiger charge is 2.23. The minimum absolute atomic E-state index is 0.00220. The van der Waals surface area contributed by atoms with Crippen molar-refractivity contribution >= 4 is 5.91 Å². The molecule has 0 saturated heterocycles. The number of halogens is 1. The van der Waals surface area contributed by atoms with Gasteiger partial charge in [-0.25, -0.2) is 14.4 Å². The summed E-state index contributed by atoms with van der Waals surface area (Å²) in [4.78, 5) is 23.0. The number of amides is 1. The van der Waals surface area contributed by atoms with Gasteiger partial charge in [0.1, 0.15) is 23.7 Å². The van der Waals surface area contributed by atoms with Gasteiger partial charge in [0.2, 0.25) is 5.89 Å². The largest absolute Gasteiger partial charge is 0.484 e. The SMILES string of the molecule is CC(C)N(Cc1nccn1C)C(=O)c1coc(COc2cccc(F)c2)n1. The highest BCUT2D eigenvalue weighted by molar-refractivity contribution is 5.92. The maximum atomic E-state index is 13.2. The van der Waals surface area contributed by atoms with Gasteiger partial charge in [0, 0.05) is 31.5 Å². The van der Waals surface area contributed by atoms with Gasteiger partial charge >= 0.3 is 0 Å². The molecule has 7 nitrogen and oxygen atoms in total. The summed E-state index contributed by atoms with van der Waals surface area (Å²) in [6.45, 7) is 4.21. The molecule has 2 aromatic heterocycles. The fourth-order valence-corrected chi connectivity index (χ4v) is 2.51. The van der Waals surface area contributed by atoms with E-state index in [2.05, 4.69) is 9.97 Å². The van der Waals surface area contributed by atoms with Crippen LogP contribution < -0.4 is 4.74 Å². The number of hydrogen-bond donors (Lipinski definition) is 0. The number of carbonyl (C=O) groups is 1. The normalized spacial score (nSPS) is 11.0. The molecule has 0 N–H and O–H groups in total. The molecular weight excluding hydrogens is 351 g/mol. The van der Waals surface area contributed by atoms with Gasteiger partial charge in [-0.15, -0.1) is 0 Å². The zero-order valence-electron chi connectivity index (χ0n) is 15.4. The third kappa shape index (κ3) is 4.52. The number of carbonyl (C=O) groups excluding carboxylic acids is 1. The highest BCUT2D eigenvalue weighted by atomic mass is 19.1. The van der Waals surface area contributed by atoms with Crippen LogP contribution in [0.4, 0.5) is 4.39 Å². The Balaban J connectivity index is 1.68. The number of oxazole rings is 1. The number of aryl methyl sites for hydroxylation is 1. The van der Waals surface area contributed by atoms with E-state index < -0.39 is 5.82 Å². The number of benzene rings is 1. The van der Waals surface area contributed by atoms with Gasteiger partial charge in [0.05, 0.1) is 6.54 Å². The van der Waals surface area contributed by atoms with Crippen molar-refractivity contribution in [3.8, 4) is 5.75 Å². The second-order valence-electron chi connectivity index (χ2n) is 6.35. The van der Waals surface area contributed by atoms with Crippen molar-refractivity contribution in [3.05, 3.63) is 66.1 Å². The molecule has 0 atom stereocenters. The van der Waals surface area contributed by atoms with Gasteiger partial charge in [-0.1, -0.05) is 6.07 Å². The highest BCUT2D eigenvalue weighted by Crippen LogP contribution is 2.16. The number of hydrogen-bond acceptors (Lipinski definition) is 5. The third-order valence-electron chi connectivity index (χ3n) is 4.05. The van der Waals surface area contributed by atoms with Gasteiger partial charge in [0.15, 0.2) is 12.3 Å². The van der Waals surface area contributed by atoms with Crippen LogP contribution in [0.2, 0.25) is 0 Å². The standard InChI is InChI=1S/C19H21FN4O3/c1-13(2)24(10-17-21-7-8-23(17)3)19(25)16-11-27-18(22-16)12-26-15-6-4-5-14(20)9-15/h4-9,11,13H,10,12H2,1-3H3. The van der Waals surface area contributed by atoms with Gasteiger partial charge in [-0.3, -0.25) is 4.79 Å². The van der Waals surface area contributed by atoms with Crippen LogP contribution in [0, 0.1) is 5.82 Å². The molecule has 0 aliphatic carbocycles. The monoisotopic (exact) mass is 372 g/mol. The van der Waals surface area contributed by atoms with Crippen LogP contribution in [-0.4, -0.2) is 31.4 Å². The first-order valence-corrected chi connectivity index (χ1v) is 8.54. The summed E-state index contributed by atoms with van der Waals surface area (Å²) in [5.74, 6) is 0.726. The van der Waals surface area contributed by atoms with Crippen LogP contribution in [0.5, 0.6) is 5.75 Å². The van der Waals surface area contributed by atoms with Crippen molar-refractivity contribution < 1.29 is 18.3 Å². The molecule has 3 rings (SSSR count). The lowest BCUT2D eigenvalue weighted by Crippen LogP contribution is -2.37. The van der Waals surface area contributed by atoms with Gasteiger partial charge < -0.3 is 18.6 Å². The Hall–Kier alpha value is -3.16. The van der Waals surface area contributed by atoms with E-state index in [1.807, 2.05) is 31.7 Å². The van der Waals surface area contributed by atoms with E-state index in [0.717, 1.165) is 5.82 Å². The van der Waals surface area contributed by atoms with E-state index in [0.29, 0.717) is 12.3 Å². The molecule has 3 aromatic rings. The third-order valence-corrected chi connectivity index (χ3v) is 4.05. The van der Waals surface area contributed by atoms with Crippen molar-refractivity contribution in [1.29, 1.82) is 0 Å². The lowest BCUT2D eigenvalue weighted by atomic mass is 10.2. The van der Waals surface area contributed by atoms with Crippen LogP contribution in [0.25, 0.3) is 0 Å². The first-order chi connectivity index (χ1) is 12.9. The summed E-state index contributed by atoms with van der Waals surface area (Å²) < 4.78 is 25.8. The molecule has 0 aliphatic heterocycles. The fraction of sp³-hybridized carbons (Fsp3) is 0.316. The summed E-state index contributed by atoms with van der Waals surface area (Å²) in [7, 11) is 1.88. The molecule has 0 spiro atoms. The molecule has 27 heavy (non-hydrogen) atoms. The van der Waals surface area contributed by atoms with Gasteiger partial charge in [0.25, 0.3) is 5.91 Å². The molecular formula is C19H21FN4O3. The van der Waals surface area contributed by atoms with E-state index in [9.17, 15) is 9.18 Å². The molecule has 0 fully saturated rings. The number of nitrogens with zero attached hydrogens (tertiary/aromatic N) is 4. The Bertz CT molecular complexity index is 919. The molecule has 0 saturated carbocycles. The zero-order chi connectivity index (χ0) is 19.4. The minimum Gasteiger partial charge on any atom is -0.484 e. The Labute approximate surface area is 156 Å². The van der Waals surface area contributed by atoms with Crippen LogP contribution in [0.3, 0.4) is 0 Å². The second-order valence-corrected chi connectivity index (χ2v) is 6.35. The number of aromatic nitrogens is 3. The van der Waals surface area contributed by atoms with Crippen molar-refractivity contribution in [2.24, 2.45) is 7.05 Å². The predicted octanol–water partition coefficient (Wildman–Crippen LogP) is 3.18. The molecule has 1 aromatic carbocycles. The minimum atomic E-state index is -0.391. The van der Waals surface area contributed by atoms with Gasteiger partial charge in [-0.05, 0) is 26.0 Å². The van der Waals surface area contributed by atoms with E-state index >= 15 is 0 Å². The predicted molar refractivity (Wildman–Crippen MR) is 95.5 cm³/mol. The first-order valence-electron chi connectivity index (χ1n) is 8.54.